The van der Waals surface area contributed by atoms with Gasteiger partial charge in [-0.1, -0.05) is 51.2 Å². The number of rotatable bonds is 4. The SMILES string of the molecule is CCNC(c1cccc(F)c1F)C1CCCCCCC1. The lowest BCUT2D eigenvalue weighted by Gasteiger charge is -2.30. The van der Waals surface area contributed by atoms with Gasteiger partial charge in [-0.05, 0) is 31.4 Å². The summed E-state index contributed by atoms with van der Waals surface area (Å²) in [6.07, 6.45) is 8.45. The van der Waals surface area contributed by atoms with Gasteiger partial charge in [0.25, 0.3) is 0 Å². The minimum Gasteiger partial charge on any atom is -0.310 e. The van der Waals surface area contributed by atoms with Crippen molar-refractivity contribution in [1.82, 2.24) is 5.32 Å². The summed E-state index contributed by atoms with van der Waals surface area (Å²) in [5.41, 5.74) is 0.498. The average molecular weight is 281 g/mol. The second-order valence-electron chi connectivity index (χ2n) is 5.78. The van der Waals surface area contributed by atoms with Crippen LogP contribution in [0, 0.1) is 17.6 Å². The fourth-order valence-corrected chi connectivity index (χ4v) is 3.33. The fourth-order valence-electron chi connectivity index (χ4n) is 3.33. The summed E-state index contributed by atoms with van der Waals surface area (Å²) in [7, 11) is 0. The molecule has 0 spiro atoms. The lowest BCUT2D eigenvalue weighted by Crippen LogP contribution is -2.30. The Hall–Kier alpha value is -0.960. The van der Waals surface area contributed by atoms with Crippen LogP contribution in [0.3, 0.4) is 0 Å². The van der Waals surface area contributed by atoms with Crippen molar-refractivity contribution in [2.45, 2.75) is 57.9 Å². The molecule has 1 fully saturated rings. The van der Waals surface area contributed by atoms with Crippen molar-refractivity contribution in [1.29, 1.82) is 0 Å². The predicted octanol–water partition coefficient (Wildman–Crippen LogP) is 4.98. The standard InChI is InChI=1S/C17H25F2N/c1-2-20-17(13-9-6-4-3-5-7-10-13)14-11-8-12-15(18)16(14)19/h8,11-13,17,20H,2-7,9-10H2,1H3. The van der Waals surface area contributed by atoms with Crippen LogP contribution in [0.4, 0.5) is 8.78 Å². The van der Waals surface area contributed by atoms with Crippen molar-refractivity contribution in [2.75, 3.05) is 6.54 Å². The van der Waals surface area contributed by atoms with Crippen LogP contribution in [0.15, 0.2) is 18.2 Å². The molecule has 1 atom stereocenters. The van der Waals surface area contributed by atoms with Crippen LogP contribution >= 0.6 is 0 Å². The third kappa shape index (κ3) is 3.78. The van der Waals surface area contributed by atoms with Gasteiger partial charge >= 0.3 is 0 Å². The Labute approximate surface area is 120 Å². The van der Waals surface area contributed by atoms with Crippen LogP contribution in [0.2, 0.25) is 0 Å². The van der Waals surface area contributed by atoms with Gasteiger partial charge in [0.1, 0.15) is 0 Å². The zero-order valence-corrected chi connectivity index (χ0v) is 12.3. The molecule has 1 nitrogen and oxygen atoms in total. The normalized spacial score (nSPS) is 19.4. The van der Waals surface area contributed by atoms with Crippen molar-refractivity contribution in [2.24, 2.45) is 5.92 Å². The monoisotopic (exact) mass is 281 g/mol. The Balaban J connectivity index is 2.22. The van der Waals surface area contributed by atoms with Crippen LogP contribution in [-0.4, -0.2) is 6.54 Å². The topological polar surface area (TPSA) is 12.0 Å². The molecule has 1 aromatic carbocycles. The molecule has 0 aromatic heterocycles. The molecule has 0 saturated heterocycles. The van der Waals surface area contributed by atoms with Gasteiger partial charge in [0.15, 0.2) is 11.6 Å². The second-order valence-corrected chi connectivity index (χ2v) is 5.78. The highest BCUT2D eigenvalue weighted by Gasteiger charge is 2.26. The summed E-state index contributed by atoms with van der Waals surface area (Å²) >= 11 is 0. The minimum atomic E-state index is -0.740. The van der Waals surface area contributed by atoms with Gasteiger partial charge in [0.2, 0.25) is 0 Å². The molecule has 1 aliphatic carbocycles. The molecule has 0 heterocycles. The molecule has 0 amide bonds. The van der Waals surface area contributed by atoms with Gasteiger partial charge in [-0.15, -0.1) is 0 Å². The zero-order chi connectivity index (χ0) is 14.4. The van der Waals surface area contributed by atoms with Crippen molar-refractivity contribution >= 4 is 0 Å². The van der Waals surface area contributed by atoms with Crippen LogP contribution in [0.5, 0.6) is 0 Å². The lowest BCUT2D eigenvalue weighted by molar-refractivity contribution is 0.284. The third-order valence-electron chi connectivity index (χ3n) is 4.36. The van der Waals surface area contributed by atoms with E-state index in [0.29, 0.717) is 11.5 Å². The molecule has 20 heavy (non-hydrogen) atoms. The van der Waals surface area contributed by atoms with E-state index in [1.807, 2.05) is 6.92 Å². The molecule has 1 unspecified atom stereocenters. The second kappa shape index (κ2) is 7.72. The van der Waals surface area contributed by atoms with Gasteiger partial charge < -0.3 is 5.32 Å². The Morgan fingerprint density at radius 1 is 1.10 bits per heavy atom. The van der Waals surface area contributed by atoms with E-state index in [4.69, 9.17) is 0 Å². The maximum atomic E-state index is 14.1. The summed E-state index contributed by atoms with van der Waals surface area (Å²) in [6.45, 7) is 2.80. The maximum Gasteiger partial charge on any atom is 0.163 e. The van der Waals surface area contributed by atoms with Gasteiger partial charge in [-0.25, -0.2) is 8.78 Å². The first-order chi connectivity index (χ1) is 9.74. The van der Waals surface area contributed by atoms with Crippen molar-refractivity contribution < 1.29 is 8.78 Å². The maximum absolute atomic E-state index is 14.1. The first-order valence-electron chi connectivity index (χ1n) is 7.91. The number of benzene rings is 1. The number of nitrogens with one attached hydrogen (secondary N) is 1. The summed E-state index contributed by atoms with van der Waals surface area (Å²) in [6, 6.07) is 4.47. The van der Waals surface area contributed by atoms with Gasteiger partial charge in [0.05, 0.1) is 0 Å². The smallest absolute Gasteiger partial charge is 0.163 e. The first-order valence-corrected chi connectivity index (χ1v) is 7.91. The fraction of sp³-hybridized carbons (Fsp3) is 0.647. The minimum absolute atomic E-state index is 0.0613. The van der Waals surface area contributed by atoms with E-state index in [9.17, 15) is 8.78 Å². The molecular weight excluding hydrogens is 256 g/mol. The quantitative estimate of drug-likeness (QED) is 0.821. The van der Waals surface area contributed by atoms with Crippen molar-refractivity contribution in [3.8, 4) is 0 Å². The Morgan fingerprint density at radius 3 is 2.40 bits per heavy atom. The Morgan fingerprint density at radius 2 is 1.75 bits per heavy atom. The summed E-state index contributed by atoms with van der Waals surface area (Å²) < 4.78 is 27.6. The highest BCUT2D eigenvalue weighted by atomic mass is 19.2. The van der Waals surface area contributed by atoms with Gasteiger partial charge in [-0.2, -0.15) is 0 Å². The summed E-state index contributed by atoms with van der Waals surface area (Å²) in [5, 5.41) is 3.38. The number of hydrogen-bond donors (Lipinski definition) is 1. The van der Waals surface area contributed by atoms with E-state index in [1.165, 1.54) is 38.2 Å². The van der Waals surface area contributed by atoms with Gasteiger partial charge in [0, 0.05) is 11.6 Å². The molecule has 0 radical (unpaired) electrons. The first kappa shape index (κ1) is 15.4. The van der Waals surface area contributed by atoms with E-state index >= 15 is 0 Å². The molecule has 1 aromatic rings. The van der Waals surface area contributed by atoms with Crippen molar-refractivity contribution in [3.05, 3.63) is 35.4 Å². The molecule has 2 rings (SSSR count). The third-order valence-corrected chi connectivity index (χ3v) is 4.36. The van der Waals surface area contributed by atoms with Crippen LogP contribution in [0.1, 0.15) is 63.5 Å². The van der Waals surface area contributed by atoms with E-state index in [0.717, 1.165) is 19.4 Å². The molecule has 112 valence electrons. The summed E-state index contributed by atoms with van der Waals surface area (Å²) in [4.78, 5) is 0. The molecule has 1 aliphatic rings. The number of halogens is 2. The molecule has 1 N–H and O–H groups in total. The van der Waals surface area contributed by atoms with Crippen LogP contribution in [0.25, 0.3) is 0 Å². The predicted molar refractivity (Wildman–Crippen MR) is 78.6 cm³/mol. The summed E-state index contributed by atoms with van der Waals surface area (Å²) in [5.74, 6) is -1.01. The molecule has 1 saturated carbocycles. The largest absolute Gasteiger partial charge is 0.310 e. The Bertz CT molecular complexity index is 411. The van der Waals surface area contributed by atoms with E-state index in [-0.39, 0.29) is 6.04 Å². The van der Waals surface area contributed by atoms with E-state index in [1.54, 1.807) is 12.1 Å². The molecule has 0 bridgehead atoms. The molecular formula is C17H25F2N. The van der Waals surface area contributed by atoms with Crippen LogP contribution < -0.4 is 5.32 Å². The molecule has 3 heteroatoms. The number of hydrogen-bond acceptors (Lipinski definition) is 1. The van der Waals surface area contributed by atoms with E-state index in [2.05, 4.69) is 5.32 Å². The highest BCUT2D eigenvalue weighted by Crippen LogP contribution is 2.34. The zero-order valence-electron chi connectivity index (χ0n) is 12.3. The Kier molecular flexibility index (Phi) is 5.96. The van der Waals surface area contributed by atoms with Crippen LogP contribution in [-0.2, 0) is 0 Å². The molecule has 0 aliphatic heterocycles. The highest BCUT2D eigenvalue weighted by molar-refractivity contribution is 5.23. The average Bonchev–Trinajstić information content (AvgIpc) is 2.40. The van der Waals surface area contributed by atoms with Crippen molar-refractivity contribution in [3.63, 3.8) is 0 Å². The van der Waals surface area contributed by atoms with Gasteiger partial charge in [-0.3, -0.25) is 0 Å². The lowest BCUT2D eigenvalue weighted by atomic mass is 9.82. The van der Waals surface area contributed by atoms with E-state index < -0.39 is 11.6 Å².